The number of aliphatic hydroxyl groups is 1. The van der Waals surface area contributed by atoms with Crippen molar-refractivity contribution in [1.82, 2.24) is 10.4 Å². The molecule has 18 heavy (non-hydrogen) atoms. The predicted molar refractivity (Wildman–Crippen MR) is 64.6 cm³/mol. The fraction of sp³-hybridized carbons (Fsp3) is 0.818. The van der Waals surface area contributed by atoms with Crippen molar-refractivity contribution >= 4 is 12.0 Å². The molecule has 106 valence electrons. The number of hydroxylamine groups is 2. The van der Waals surface area contributed by atoms with Crippen molar-refractivity contribution in [3.63, 3.8) is 0 Å². The summed E-state index contributed by atoms with van der Waals surface area (Å²) < 4.78 is 5.02. The first-order valence-corrected chi connectivity index (χ1v) is 5.60. The summed E-state index contributed by atoms with van der Waals surface area (Å²) in [5.41, 5.74) is -0.628. The smallest absolute Gasteiger partial charge is 0.407 e. The molecule has 0 aliphatic rings. The number of carbonyl (C=O) groups excluding carboxylic acids is 2. The van der Waals surface area contributed by atoms with Crippen molar-refractivity contribution in [1.29, 1.82) is 0 Å². The summed E-state index contributed by atoms with van der Waals surface area (Å²) >= 11 is 0. The molecule has 1 atom stereocenters. The molecule has 2 amide bonds. The van der Waals surface area contributed by atoms with Crippen molar-refractivity contribution in [2.24, 2.45) is 0 Å². The van der Waals surface area contributed by atoms with Crippen LogP contribution in [-0.2, 0) is 14.4 Å². The number of aliphatic hydroxyl groups excluding tert-OH is 1. The summed E-state index contributed by atoms with van der Waals surface area (Å²) in [6, 6.07) is -0.704. The third-order valence-electron chi connectivity index (χ3n) is 1.99. The van der Waals surface area contributed by atoms with Crippen LogP contribution in [0.15, 0.2) is 0 Å². The maximum Gasteiger partial charge on any atom is 0.407 e. The van der Waals surface area contributed by atoms with Gasteiger partial charge in [0.25, 0.3) is 0 Å². The van der Waals surface area contributed by atoms with Crippen LogP contribution < -0.4 is 5.32 Å². The molecule has 7 nitrogen and oxygen atoms in total. The molecule has 0 aromatic heterocycles. The summed E-state index contributed by atoms with van der Waals surface area (Å²) in [6.45, 7) is 4.82. The first-order chi connectivity index (χ1) is 8.19. The lowest BCUT2D eigenvalue weighted by molar-refractivity contribution is -0.169. The summed E-state index contributed by atoms with van der Waals surface area (Å²) in [5, 5.41) is 12.5. The second kappa shape index (κ2) is 7.17. The van der Waals surface area contributed by atoms with E-state index in [0.717, 1.165) is 5.06 Å². The lowest BCUT2D eigenvalue weighted by atomic mass is 10.2. The molecular weight excluding hydrogens is 240 g/mol. The average molecular weight is 262 g/mol. The Morgan fingerprint density at radius 2 is 1.94 bits per heavy atom. The van der Waals surface area contributed by atoms with Crippen LogP contribution in [0, 0.1) is 0 Å². The largest absolute Gasteiger partial charge is 0.444 e. The molecule has 0 spiro atoms. The first kappa shape index (κ1) is 16.7. The molecule has 0 radical (unpaired) electrons. The van der Waals surface area contributed by atoms with Gasteiger partial charge in [-0.3, -0.25) is 9.63 Å². The van der Waals surface area contributed by atoms with Crippen LogP contribution in [0.4, 0.5) is 4.79 Å². The second-order valence-corrected chi connectivity index (χ2v) is 4.80. The lowest BCUT2D eigenvalue weighted by Crippen LogP contribution is -2.43. The molecule has 0 saturated heterocycles. The number of alkyl carbamates (subject to hydrolysis) is 1. The van der Waals surface area contributed by atoms with Gasteiger partial charge in [-0.05, 0) is 20.8 Å². The minimum absolute atomic E-state index is 0.0694. The van der Waals surface area contributed by atoms with Gasteiger partial charge in [0, 0.05) is 7.05 Å². The molecular formula is C11H22N2O5. The zero-order chi connectivity index (χ0) is 14.3. The van der Waals surface area contributed by atoms with Crippen molar-refractivity contribution < 1.29 is 24.3 Å². The van der Waals surface area contributed by atoms with Crippen molar-refractivity contribution in [2.45, 2.75) is 38.8 Å². The van der Waals surface area contributed by atoms with Crippen LogP contribution in [0.2, 0.25) is 0 Å². The van der Waals surface area contributed by atoms with Gasteiger partial charge in [-0.1, -0.05) is 0 Å². The molecule has 7 heteroatoms. The van der Waals surface area contributed by atoms with Gasteiger partial charge in [0.15, 0.2) is 0 Å². The fourth-order valence-electron chi connectivity index (χ4n) is 1.08. The van der Waals surface area contributed by atoms with E-state index in [1.807, 2.05) is 0 Å². The van der Waals surface area contributed by atoms with Gasteiger partial charge in [0.05, 0.1) is 26.2 Å². The fourth-order valence-corrected chi connectivity index (χ4v) is 1.08. The molecule has 0 aromatic rings. The standard InChI is InChI=1S/C11H22N2O5/c1-11(2,3)18-10(16)12-8(7-14)6-9(15)13(4)17-5/h8,14H,6-7H2,1-5H3,(H,12,16)/t8-/m0/s1. The van der Waals surface area contributed by atoms with E-state index in [1.165, 1.54) is 14.2 Å². The van der Waals surface area contributed by atoms with E-state index in [1.54, 1.807) is 20.8 Å². The summed E-state index contributed by atoms with van der Waals surface area (Å²) in [4.78, 5) is 27.7. The highest BCUT2D eigenvalue weighted by Crippen LogP contribution is 2.07. The molecule has 0 unspecified atom stereocenters. The van der Waals surface area contributed by atoms with E-state index in [0.29, 0.717) is 0 Å². The van der Waals surface area contributed by atoms with Crippen LogP contribution >= 0.6 is 0 Å². The van der Waals surface area contributed by atoms with Crippen LogP contribution in [0.25, 0.3) is 0 Å². The Hall–Kier alpha value is -1.34. The number of nitrogens with one attached hydrogen (secondary N) is 1. The zero-order valence-corrected chi connectivity index (χ0v) is 11.5. The van der Waals surface area contributed by atoms with Crippen molar-refractivity contribution in [2.75, 3.05) is 20.8 Å². The quantitative estimate of drug-likeness (QED) is 0.695. The van der Waals surface area contributed by atoms with Crippen LogP contribution in [0.3, 0.4) is 0 Å². The lowest BCUT2D eigenvalue weighted by Gasteiger charge is -2.23. The molecule has 0 rings (SSSR count). The van der Waals surface area contributed by atoms with Gasteiger partial charge in [-0.25, -0.2) is 9.86 Å². The zero-order valence-electron chi connectivity index (χ0n) is 11.5. The Morgan fingerprint density at radius 3 is 2.33 bits per heavy atom. The van der Waals surface area contributed by atoms with Gasteiger partial charge >= 0.3 is 6.09 Å². The van der Waals surface area contributed by atoms with E-state index in [2.05, 4.69) is 5.32 Å². The number of ether oxygens (including phenoxy) is 1. The van der Waals surface area contributed by atoms with E-state index < -0.39 is 17.7 Å². The van der Waals surface area contributed by atoms with Crippen LogP contribution in [-0.4, -0.2) is 54.6 Å². The molecule has 0 aromatic carbocycles. The highest BCUT2D eigenvalue weighted by molar-refractivity contribution is 5.76. The Morgan fingerprint density at radius 1 is 1.39 bits per heavy atom. The second-order valence-electron chi connectivity index (χ2n) is 4.80. The normalized spacial score (nSPS) is 12.8. The van der Waals surface area contributed by atoms with E-state index in [-0.39, 0.29) is 18.9 Å². The first-order valence-electron chi connectivity index (χ1n) is 5.60. The summed E-state index contributed by atoms with van der Waals surface area (Å²) in [5.74, 6) is -0.354. The third-order valence-corrected chi connectivity index (χ3v) is 1.99. The highest BCUT2D eigenvalue weighted by atomic mass is 16.7. The SMILES string of the molecule is CON(C)C(=O)C[C@@H](CO)NC(=O)OC(C)(C)C. The topological polar surface area (TPSA) is 88.1 Å². The van der Waals surface area contributed by atoms with Crippen molar-refractivity contribution in [3.05, 3.63) is 0 Å². The van der Waals surface area contributed by atoms with E-state index >= 15 is 0 Å². The van der Waals surface area contributed by atoms with Crippen LogP contribution in [0.5, 0.6) is 0 Å². The van der Waals surface area contributed by atoms with Gasteiger partial charge in [0.1, 0.15) is 5.60 Å². The molecule has 0 fully saturated rings. The molecule has 2 N–H and O–H groups in total. The summed E-state index contributed by atoms with van der Waals surface area (Å²) in [7, 11) is 2.80. The van der Waals surface area contributed by atoms with Crippen LogP contribution in [0.1, 0.15) is 27.2 Å². The van der Waals surface area contributed by atoms with Crippen molar-refractivity contribution in [3.8, 4) is 0 Å². The predicted octanol–water partition coefficient (Wildman–Crippen LogP) is 0.282. The number of hydrogen-bond acceptors (Lipinski definition) is 5. The molecule has 0 aliphatic carbocycles. The maximum absolute atomic E-state index is 11.5. The monoisotopic (exact) mass is 262 g/mol. The number of hydrogen-bond donors (Lipinski definition) is 2. The molecule has 0 bridgehead atoms. The third kappa shape index (κ3) is 7.08. The number of rotatable bonds is 5. The number of amides is 2. The Kier molecular flexibility index (Phi) is 6.64. The van der Waals surface area contributed by atoms with Gasteiger partial charge in [-0.2, -0.15) is 0 Å². The maximum atomic E-state index is 11.5. The number of carbonyl (C=O) groups is 2. The Balaban J connectivity index is 4.27. The number of nitrogens with zero attached hydrogens (tertiary/aromatic N) is 1. The minimum atomic E-state index is -0.704. The van der Waals surface area contributed by atoms with E-state index in [4.69, 9.17) is 14.7 Å². The average Bonchev–Trinajstić information content (AvgIpc) is 2.24. The Bertz CT molecular complexity index is 288. The minimum Gasteiger partial charge on any atom is -0.444 e. The van der Waals surface area contributed by atoms with Gasteiger partial charge < -0.3 is 15.2 Å². The van der Waals surface area contributed by atoms with E-state index in [9.17, 15) is 9.59 Å². The van der Waals surface area contributed by atoms with Gasteiger partial charge in [0.2, 0.25) is 5.91 Å². The summed E-state index contributed by atoms with van der Waals surface area (Å²) in [6.07, 6.45) is -0.741. The molecule has 0 aliphatic heterocycles. The Labute approximate surface area is 107 Å². The molecule has 0 heterocycles. The molecule has 0 saturated carbocycles. The van der Waals surface area contributed by atoms with Gasteiger partial charge in [-0.15, -0.1) is 0 Å². The highest BCUT2D eigenvalue weighted by Gasteiger charge is 2.22.